The Hall–Kier alpha value is -1.83. The van der Waals surface area contributed by atoms with Crippen LogP contribution in [0, 0.1) is 0 Å². The minimum atomic E-state index is 0.249. The lowest BCUT2D eigenvalue weighted by atomic mass is 10.2. The first-order chi connectivity index (χ1) is 13.2. The number of nitrogens with zero attached hydrogens (tertiary/aromatic N) is 3. The average molecular weight is 377 g/mol. The van der Waals surface area contributed by atoms with Gasteiger partial charge >= 0.3 is 0 Å². The molecule has 0 saturated carbocycles. The van der Waals surface area contributed by atoms with Crippen LogP contribution in [0.4, 0.5) is 0 Å². The van der Waals surface area contributed by atoms with Crippen molar-refractivity contribution in [3.63, 3.8) is 0 Å². The number of methoxy groups -OCH3 is 1. The van der Waals surface area contributed by atoms with Crippen molar-refractivity contribution >= 4 is 5.91 Å². The lowest BCUT2D eigenvalue weighted by Crippen LogP contribution is -2.52. The summed E-state index contributed by atoms with van der Waals surface area (Å²) in [6.45, 7) is 8.95. The Kier molecular flexibility index (Phi) is 7.74. The van der Waals surface area contributed by atoms with Gasteiger partial charge in [0.15, 0.2) is 0 Å². The summed E-state index contributed by atoms with van der Waals surface area (Å²) in [6.07, 6.45) is 0.980. The first kappa shape index (κ1) is 19.9. The SMILES string of the molecule is COc1ccc(OCCCN2CCN(C(=O)CN3CCOCC3)CC2)cc1. The zero-order chi connectivity index (χ0) is 18.9. The van der Waals surface area contributed by atoms with Crippen molar-refractivity contribution in [1.82, 2.24) is 14.7 Å². The third-order valence-corrected chi connectivity index (χ3v) is 5.13. The van der Waals surface area contributed by atoms with Crippen LogP contribution in [0.25, 0.3) is 0 Å². The maximum Gasteiger partial charge on any atom is 0.236 e. The van der Waals surface area contributed by atoms with E-state index in [0.29, 0.717) is 13.2 Å². The normalized spacial score (nSPS) is 19.1. The second-order valence-corrected chi connectivity index (χ2v) is 6.99. The van der Waals surface area contributed by atoms with Crippen LogP contribution >= 0.6 is 0 Å². The van der Waals surface area contributed by atoms with Crippen molar-refractivity contribution in [3.8, 4) is 11.5 Å². The van der Waals surface area contributed by atoms with E-state index < -0.39 is 0 Å². The predicted molar refractivity (Wildman–Crippen MR) is 103 cm³/mol. The van der Waals surface area contributed by atoms with E-state index in [1.807, 2.05) is 29.2 Å². The summed E-state index contributed by atoms with van der Waals surface area (Å²) in [5.41, 5.74) is 0. The Balaban J connectivity index is 1.28. The van der Waals surface area contributed by atoms with Crippen LogP contribution in [-0.4, -0.2) is 99.9 Å². The van der Waals surface area contributed by atoms with Crippen LogP contribution in [0.15, 0.2) is 24.3 Å². The molecule has 0 aromatic heterocycles. The third-order valence-electron chi connectivity index (χ3n) is 5.13. The maximum absolute atomic E-state index is 12.4. The van der Waals surface area contributed by atoms with Gasteiger partial charge in [0.25, 0.3) is 0 Å². The number of hydrogen-bond donors (Lipinski definition) is 0. The molecule has 0 aliphatic carbocycles. The molecule has 7 heteroatoms. The first-order valence-electron chi connectivity index (χ1n) is 9.81. The summed E-state index contributed by atoms with van der Waals surface area (Å²) in [7, 11) is 1.66. The highest BCUT2D eigenvalue weighted by Crippen LogP contribution is 2.17. The summed E-state index contributed by atoms with van der Waals surface area (Å²) in [5.74, 6) is 1.96. The van der Waals surface area contributed by atoms with Crippen LogP contribution in [-0.2, 0) is 9.53 Å². The lowest BCUT2D eigenvalue weighted by molar-refractivity contribution is -0.135. The highest BCUT2D eigenvalue weighted by Gasteiger charge is 2.23. The van der Waals surface area contributed by atoms with E-state index in [1.54, 1.807) is 7.11 Å². The molecule has 2 saturated heterocycles. The number of carbonyl (C=O) groups excluding carboxylic acids is 1. The fraction of sp³-hybridized carbons (Fsp3) is 0.650. The second-order valence-electron chi connectivity index (χ2n) is 6.99. The molecule has 150 valence electrons. The van der Waals surface area contributed by atoms with Gasteiger partial charge in [0.1, 0.15) is 11.5 Å². The monoisotopic (exact) mass is 377 g/mol. The zero-order valence-corrected chi connectivity index (χ0v) is 16.3. The molecule has 0 bridgehead atoms. The summed E-state index contributed by atoms with van der Waals surface area (Å²) >= 11 is 0. The van der Waals surface area contributed by atoms with Crippen molar-refractivity contribution in [2.24, 2.45) is 0 Å². The van der Waals surface area contributed by atoms with Gasteiger partial charge in [-0.2, -0.15) is 0 Å². The van der Waals surface area contributed by atoms with Crippen LogP contribution in [0.5, 0.6) is 11.5 Å². The van der Waals surface area contributed by atoms with Crippen molar-refractivity contribution in [1.29, 1.82) is 0 Å². The highest BCUT2D eigenvalue weighted by atomic mass is 16.5. The Morgan fingerprint density at radius 3 is 2.30 bits per heavy atom. The van der Waals surface area contributed by atoms with Gasteiger partial charge in [0.2, 0.25) is 5.91 Å². The van der Waals surface area contributed by atoms with Gasteiger partial charge in [-0.25, -0.2) is 0 Å². The molecule has 0 unspecified atom stereocenters. The van der Waals surface area contributed by atoms with Gasteiger partial charge in [0.05, 0.1) is 33.5 Å². The number of rotatable bonds is 8. The molecule has 3 rings (SSSR count). The molecule has 2 aliphatic heterocycles. The minimum absolute atomic E-state index is 0.249. The number of ether oxygens (including phenoxy) is 3. The smallest absolute Gasteiger partial charge is 0.236 e. The molecule has 1 aromatic rings. The molecular weight excluding hydrogens is 346 g/mol. The van der Waals surface area contributed by atoms with Gasteiger partial charge in [-0.3, -0.25) is 14.6 Å². The molecule has 1 amide bonds. The number of carbonyl (C=O) groups is 1. The number of hydrogen-bond acceptors (Lipinski definition) is 6. The van der Waals surface area contributed by atoms with E-state index >= 15 is 0 Å². The van der Waals surface area contributed by atoms with Gasteiger partial charge in [-0.15, -0.1) is 0 Å². The number of morpholine rings is 1. The Morgan fingerprint density at radius 2 is 1.63 bits per heavy atom. The van der Waals surface area contributed by atoms with E-state index in [4.69, 9.17) is 14.2 Å². The molecule has 2 heterocycles. The molecule has 0 radical (unpaired) electrons. The molecule has 2 fully saturated rings. The molecular formula is C20H31N3O4. The van der Waals surface area contributed by atoms with Crippen LogP contribution < -0.4 is 9.47 Å². The Morgan fingerprint density at radius 1 is 0.963 bits per heavy atom. The molecule has 1 aromatic carbocycles. The molecule has 0 atom stereocenters. The van der Waals surface area contributed by atoms with E-state index in [2.05, 4.69) is 9.80 Å². The minimum Gasteiger partial charge on any atom is -0.497 e. The topological polar surface area (TPSA) is 54.5 Å². The maximum atomic E-state index is 12.4. The van der Waals surface area contributed by atoms with E-state index in [1.165, 1.54) is 0 Å². The number of amides is 1. The third kappa shape index (κ3) is 6.37. The predicted octanol–water partition coefficient (Wildman–Crippen LogP) is 0.941. The molecule has 2 aliphatic rings. The summed E-state index contributed by atoms with van der Waals surface area (Å²) < 4.78 is 16.3. The molecule has 0 N–H and O–H groups in total. The molecule has 27 heavy (non-hydrogen) atoms. The van der Waals surface area contributed by atoms with Gasteiger partial charge < -0.3 is 19.1 Å². The Labute approximate surface area is 161 Å². The van der Waals surface area contributed by atoms with Crippen LogP contribution in [0.1, 0.15) is 6.42 Å². The van der Waals surface area contributed by atoms with Crippen molar-refractivity contribution < 1.29 is 19.0 Å². The molecule has 0 spiro atoms. The van der Waals surface area contributed by atoms with Gasteiger partial charge in [-0.1, -0.05) is 0 Å². The highest BCUT2D eigenvalue weighted by molar-refractivity contribution is 5.78. The second kappa shape index (κ2) is 10.5. The first-order valence-corrected chi connectivity index (χ1v) is 9.81. The standard InChI is InChI=1S/C20H31N3O4/c1-25-18-3-5-19(6-4-18)27-14-2-7-21-8-10-23(11-9-21)20(24)17-22-12-15-26-16-13-22/h3-6H,2,7-17H2,1H3. The van der Waals surface area contributed by atoms with Gasteiger partial charge in [-0.05, 0) is 30.7 Å². The van der Waals surface area contributed by atoms with Crippen LogP contribution in [0.2, 0.25) is 0 Å². The quantitative estimate of drug-likeness (QED) is 0.629. The van der Waals surface area contributed by atoms with Crippen molar-refractivity contribution in [3.05, 3.63) is 24.3 Å². The zero-order valence-electron chi connectivity index (χ0n) is 16.3. The van der Waals surface area contributed by atoms with E-state index in [-0.39, 0.29) is 5.91 Å². The summed E-state index contributed by atoms with van der Waals surface area (Å²) in [5, 5.41) is 0. The largest absolute Gasteiger partial charge is 0.497 e. The van der Waals surface area contributed by atoms with E-state index in [0.717, 1.165) is 76.9 Å². The summed E-state index contributed by atoms with van der Waals surface area (Å²) in [4.78, 5) is 19.0. The van der Waals surface area contributed by atoms with Crippen molar-refractivity contribution in [2.75, 3.05) is 79.3 Å². The lowest BCUT2D eigenvalue weighted by Gasteiger charge is -2.36. The Bertz CT molecular complexity index is 567. The fourth-order valence-electron chi connectivity index (χ4n) is 3.42. The average Bonchev–Trinajstić information content (AvgIpc) is 2.73. The van der Waals surface area contributed by atoms with Crippen LogP contribution in [0.3, 0.4) is 0 Å². The fourth-order valence-corrected chi connectivity index (χ4v) is 3.42. The number of benzene rings is 1. The molecule has 7 nitrogen and oxygen atoms in total. The van der Waals surface area contributed by atoms with Gasteiger partial charge in [0, 0.05) is 45.8 Å². The van der Waals surface area contributed by atoms with E-state index in [9.17, 15) is 4.79 Å². The summed E-state index contributed by atoms with van der Waals surface area (Å²) in [6, 6.07) is 7.67. The van der Waals surface area contributed by atoms with Crippen molar-refractivity contribution in [2.45, 2.75) is 6.42 Å². The number of piperazine rings is 1.